The standard InChI is InChI=1S/C26H23FN6O2/c1-32-19-9-16(21-14(24(32)34)4-3-5-20(21)35-2)22-18-8-15(17(27)12-33(18)31-23(19)22)13-10-29-25(30-11-13)26(28)6-7-26/h3-5,8,10-12,16,19H,6-7,9,28H2,1-2H3/t16-,19-/m1/s1/i1D3. The van der Waals surface area contributed by atoms with Crippen LogP contribution in [0.3, 0.4) is 0 Å². The molecule has 4 aromatic rings. The lowest BCUT2D eigenvalue weighted by Gasteiger charge is -2.23. The normalized spacial score (nSPS) is 23.2. The van der Waals surface area contributed by atoms with E-state index in [2.05, 4.69) is 15.1 Å². The summed E-state index contributed by atoms with van der Waals surface area (Å²) in [4.78, 5) is 23.2. The van der Waals surface area contributed by atoms with Crippen molar-refractivity contribution in [3.63, 3.8) is 0 Å². The van der Waals surface area contributed by atoms with E-state index in [1.165, 1.54) is 17.8 Å². The van der Waals surface area contributed by atoms with Crippen LogP contribution >= 0.6 is 0 Å². The molecule has 3 aromatic heterocycles. The van der Waals surface area contributed by atoms with Crippen molar-refractivity contribution < 1.29 is 18.0 Å². The molecule has 1 fully saturated rings. The Hall–Kier alpha value is -3.85. The number of carbonyl (C=O) groups excluding carboxylic acids is 1. The van der Waals surface area contributed by atoms with E-state index in [9.17, 15) is 4.79 Å². The Balaban J connectivity index is 1.45. The number of carbonyl (C=O) groups is 1. The molecule has 8 nitrogen and oxygen atoms in total. The van der Waals surface area contributed by atoms with E-state index in [-0.39, 0.29) is 17.0 Å². The van der Waals surface area contributed by atoms with Crippen molar-refractivity contribution >= 4 is 11.4 Å². The third-order valence-electron chi connectivity index (χ3n) is 7.50. The first-order valence-electron chi connectivity index (χ1n) is 12.9. The minimum Gasteiger partial charge on any atom is -0.496 e. The molecule has 2 bridgehead atoms. The quantitative estimate of drug-likeness (QED) is 0.489. The van der Waals surface area contributed by atoms with E-state index in [0.717, 1.165) is 23.3 Å². The lowest BCUT2D eigenvalue weighted by atomic mass is 9.88. The van der Waals surface area contributed by atoms with Crippen LogP contribution in [0.15, 0.2) is 42.9 Å². The lowest BCUT2D eigenvalue weighted by molar-refractivity contribution is 0.0734. The molecule has 9 heteroatoms. The van der Waals surface area contributed by atoms with Gasteiger partial charge in [0.2, 0.25) is 0 Å². The molecule has 35 heavy (non-hydrogen) atoms. The Morgan fingerprint density at radius 1 is 1.23 bits per heavy atom. The van der Waals surface area contributed by atoms with Gasteiger partial charge >= 0.3 is 0 Å². The van der Waals surface area contributed by atoms with Crippen molar-refractivity contribution in [1.82, 2.24) is 24.5 Å². The number of nitrogens with zero attached hydrogens (tertiary/aromatic N) is 5. The van der Waals surface area contributed by atoms with Crippen molar-refractivity contribution in [2.24, 2.45) is 5.73 Å². The summed E-state index contributed by atoms with van der Waals surface area (Å²) in [6.45, 7) is -2.70. The Labute approximate surface area is 204 Å². The Morgan fingerprint density at radius 3 is 2.74 bits per heavy atom. The maximum absolute atomic E-state index is 15.4. The molecular weight excluding hydrogens is 447 g/mol. The third-order valence-corrected chi connectivity index (χ3v) is 7.50. The first-order chi connectivity index (χ1) is 18.1. The number of ether oxygens (including phenoxy) is 1. The fourth-order valence-electron chi connectivity index (χ4n) is 5.49. The first-order valence-corrected chi connectivity index (χ1v) is 11.4. The predicted molar refractivity (Wildman–Crippen MR) is 126 cm³/mol. The number of nitrogens with two attached hydrogens (primary N) is 1. The van der Waals surface area contributed by atoms with Crippen LogP contribution in [0.2, 0.25) is 0 Å². The summed E-state index contributed by atoms with van der Waals surface area (Å²) in [5, 5.41) is 4.60. The topological polar surface area (TPSA) is 98.6 Å². The summed E-state index contributed by atoms with van der Waals surface area (Å²) in [6, 6.07) is 5.93. The second kappa shape index (κ2) is 6.85. The van der Waals surface area contributed by atoms with E-state index >= 15 is 4.39 Å². The molecule has 176 valence electrons. The van der Waals surface area contributed by atoms with Crippen molar-refractivity contribution in [1.29, 1.82) is 0 Å². The molecular formula is C26H23FN6O2. The number of benzene rings is 1. The zero-order valence-electron chi connectivity index (χ0n) is 21.8. The van der Waals surface area contributed by atoms with E-state index in [0.29, 0.717) is 40.3 Å². The van der Waals surface area contributed by atoms with Gasteiger partial charge in [0.25, 0.3) is 5.91 Å². The van der Waals surface area contributed by atoms with Crippen LogP contribution in [0.5, 0.6) is 5.75 Å². The molecule has 0 saturated heterocycles. The Kier molecular flexibility index (Phi) is 3.44. The molecule has 0 spiro atoms. The number of amides is 1. The molecule has 2 atom stereocenters. The Bertz CT molecular complexity index is 1650. The van der Waals surface area contributed by atoms with E-state index in [1.54, 1.807) is 36.7 Å². The van der Waals surface area contributed by atoms with Gasteiger partial charge in [-0.15, -0.1) is 0 Å². The highest BCUT2D eigenvalue weighted by Gasteiger charge is 2.46. The highest BCUT2D eigenvalue weighted by atomic mass is 19.1. The highest BCUT2D eigenvalue weighted by molar-refractivity contribution is 5.98. The summed E-state index contributed by atoms with van der Waals surface area (Å²) in [5.74, 6) is -0.489. The number of methoxy groups -OCH3 is 1. The number of pyridine rings is 1. The maximum atomic E-state index is 15.4. The Morgan fingerprint density at radius 2 is 2.03 bits per heavy atom. The molecule has 1 saturated carbocycles. The van der Waals surface area contributed by atoms with Crippen molar-refractivity contribution in [2.45, 2.75) is 36.8 Å². The van der Waals surface area contributed by atoms with Gasteiger partial charge < -0.3 is 15.4 Å². The zero-order chi connectivity index (χ0) is 26.6. The minimum absolute atomic E-state index is 0.278. The number of hydrogen-bond acceptors (Lipinski definition) is 6. The number of rotatable bonds is 3. The van der Waals surface area contributed by atoms with Gasteiger partial charge in [0.15, 0.2) is 0 Å². The maximum Gasteiger partial charge on any atom is 0.254 e. The molecule has 3 aliphatic rings. The highest BCUT2D eigenvalue weighted by Crippen LogP contribution is 2.53. The molecule has 7 rings (SSSR count). The van der Waals surface area contributed by atoms with Crippen molar-refractivity contribution in [3.05, 3.63) is 76.9 Å². The summed E-state index contributed by atoms with van der Waals surface area (Å²) in [7, 11) is 1.51. The van der Waals surface area contributed by atoms with Crippen LogP contribution in [0.1, 0.15) is 68.3 Å². The van der Waals surface area contributed by atoms with Gasteiger partial charge in [-0.3, -0.25) is 4.79 Å². The largest absolute Gasteiger partial charge is 0.496 e. The summed E-state index contributed by atoms with van der Waals surface area (Å²) >= 11 is 0. The average Bonchev–Trinajstić information content (AvgIpc) is 3.44. The molecule has 4 heterocycles. The zero-order valence-corrected chi connectivity index (χ0v) is 18.8. The summed E-state index contributed by atoms with van der Waals surface area (Å²) < 4.78 is 46.9. The van der Waals surface area contributed by atoms with Gasteiger partial charge in [-0.2, -0.15) is 5.10 Å². The van der Waals surface area contributed by atoms with Crippen molar-refractivity contribution in [2.75, 3.05) is 14.1 Å². The van der Waals surface area contributed by atoms with Crippen LogP contribution in [-0.2, 0) is 5.54 Å². The van der Waals surface area contributed by atoms with Crippen molar-refractivity contribution in [3.8, 4) is 16.9 Å². The number of halogens is 1. The van der Waals surface area contributed by atoms with Crippen LogP contribution in [0.4, 0.5) is 4.39 Å². The summed E-state index contributed by atoms with van der Waals surface area (Å²) in [5.41, 5.74) is 9.17. The van der Waals surface area contributed by atoms with Crippen LogP contribution in [-0.4, -0.2) is 44.5 Å². The lowest BCUT2D eigenvalue weighted by Crippen LogP contribution is -2.30. The second-order valence-electron chi connectivity index (χ2n) is 9.52. The predicted octanol–water partition coefficient (Wildman–Crippen LogP) is 3.55. The van der Waals surface area contributed by atoms with Crippen LogP contribution in [0.25, 0.3) is 16.6 Å². The smallest absolute Gasteiger partial charge is 0.254 e. The summed E-state index contributed by atoms with van der Waals surface area (Å²) in [6.07, 6.45) is 6.36. The minimum atomic E-state index is -2.70. The molecule has 2 aliphatic carbocycles. The second-order valence-corrected chi connectivity index (χ2v) is 9.52. The SMILES string of the molecule is [2H]C([2H])([2H])N1C(=O)c2cccc(OC)c2[C@H]2C[C@@H]1c1nn3cc(F)c(-c4cnc(C5(N)CC5)nc4)cc3c12. The fraction of sp³-hybridized carbons (Fsp3) is 0.308. The van der Waals surface area contributed by atoms with Gasteiger partial charge in [0.05, 0.1) is 36.1 Å². The monoisotopic (exact) mass is 473 g/mol. The molecule has 0 radical (unpaired) electrons. The van der Waals surface area contributed by atoms with Gasteiger partial charge in [-0.1, -0.05) is 6.07 Å². The average molecular weight is 474 g/mol. The number of hydrogen-bond donors (Lipinski definition) is 1. The van der Waals surface area contributed by atoms with Gasteiger partial charge in [0.1, 0.15) is 17.4 Å². The van der Waals surface area contributed by atoms with Crippen LogP contribution in [0, 0.1) is 5.82 Å². The third kappa shape index (κ3) is 2.75. The molecule has 1 aliphatic heterocycles. The first kappa shape index (κ1) is 17.6. The number of fused-ring (bicyclic) bond motifs is 9. The molecule has 2 N–H and O–H groups in total. The fourth-order valence-corrected chi connectivity index (χ4v) is 5.49. The van der Waals surface area contributed by atoms with E-state index in [4.69, 9.17) is 14.6 Å². The van der Waals surface area contributed by atoms with E-state index < -0.39 is 30.3 Å². The van der Waals surface area contributed by atoms with Crippen LogP contribution < -0.4 is 10.5 Å². The van der Waals surface area contributed by atoms with Gasteiger partial charge in [-0.05, 0) is 37.5 Å². The van der Waals surface area contributed by atoms with Gasteiger partial charge in [-0.25, -0.2) is 18.9 Å². The number of aromatic nitrogens is 4. The van der Waals surface area contributed by atoms with E-state index in [1.807, 2.05) is 0 Å². The molecule has 1 amide bonds. The van der Waals surface area contributed by atoms with Gasteiger partial charge in [0, 0.05) is 57.2 Å². The molecule has 1 aromatic carbocycles. The molecule has 0 unspecified atom stereocenters.